The molecule has 1 N–H and O–H groups in total. The van der Waals surface area contributed by atoms with E-state index in [4.69, 9.17) is 10.1 Å². The molecule has 0 bridgehead atoms. The molecule has 2 aliphatic heterocycles. The van der Waals surface area contributed by atoms with Gasteiger partial charge in [0, 0.05) is 26.2 Å². The molecule has 0 saturated carbocycles. The van der Waals surface area contributed by atoms with E-state index in [9.17, 15) is 4.79 Å². The summed E-state index contributed by atoms with van der Waals surface area (Å²) in [5.41, 5.74) is 7.72. The molecule has 1 radical (unpaired) electrons. The number of allylic oxidation sites excluding steroid dienone is 2. The van der Waals surface area contributed by atoms with Crippen LogP contribution in [-0.4, -0.2) is 52.5 Å². The van der Waals surface area contributed by atoms with Gasteiger partial charge in [0.25, 0.3) is 0 Å². The number of pyridine rings is 1. The molecule has 3 nitrogen and oxygen atoms in total. The third-order valence-electron chi connectivity index (χ3n) is 6.50. The topological polar surface area (TPSA) is 50.2 Å². The molecule has 39 heavy (non-hydrogen) atoms. The SMILES string of the molecule is CC(=O)/C=C(/C)O.[Ir].[c-]1c(-c2ccc3ccccc3n2)cc2c3c1[Se]c1ccccc1B3c1ccccc1[Se]2. The molecule has 5 aromatic rings. The third kappa shape index (κ3) is 5.62. The number of rotatable bonds is 2. The molecule has 0 fully saturated rings. The van der Waals surface area contributed by atoms with E-state index >= 15 is 0 Å². The molecular weight excluding hydrogens is 791 g/mol. The first-order valence-corrected chi connectivity index (χ1v) is 15.8. The molecule has 2 aliphatic rings. The number of aromatic nitrogens is 1. The van der Waals surface area contributed by atoms with E-state index in [2.05, 4.69) is 97.1 Å². The molecule has 0 saturated heterocycles. The van der Waals surface area contributed by atoms with E-state index in [0.29, 0.717) is 21.7 Å². The minimum absolute atomic E-state index is 0. The quantitative estimate of drug-likeness (QED) is 0.124. The van der Waals surface area contributed by atoms with Crippen molar-refractivity contribution in [3.63, 3.8) is 0 Å². The minimum atomic E-state index is -0.125. The van der Waals surface area contributed by atoms with Crippen LogP contribution >= 0.6 is 0 Å². The van der Waals surface area contributed by atoms with Crippen molar-refractivity contribution in [2.45, 2.75) is 13.8 Å². The monoisotopic (exact) mass is 817 g/mol. The Labute approximate surface area is 254 Å². The molecule has 0 spiro atoms. The maximum absolute atomic E-state index is 10.0. The van der Waals surface area contributed by atoms with Gasteiger partial charge in [-0.25, -0.2) is 0 Å². The summed E-state index contributed by atoms with van der Waals surface area (Å²) < 4.78 is 5.91. The average molecular weight is 814 g/mol. The van der Waals surface area contributed by atoms with E-state index in [-0.39, 0.29) is 46.6 Å². The number of carbonyl (C=O) groups is 1. The normalized spacial score (nSPS) is 12.8. The summed E-state index contributed by atoms with van der Waals surface area (Å²) in [4.78, 5) is 15.0. The van der Waals surface area contributed by atoms with Crippen molar-refractivity contribution >= 4 is 87.5 Å². The van der Waals surface area contributed by atoms with Crippen molar-refractivity contribution in [3.8, 4) is 11.3 Å². The van der Waals surface area contributed by atoms with Crippen LogP contribution in [0.3, 0.4) is 0 Å². The summed E-state index contributed by atoms with van der Waals surface area (Å²) in [6.07, 6.45) is 1.17. The molecule has 0 aliphatic carbocycles. The molecular formula is C32H23BIrNO2Se2-. The molecule has 4 aromatic carbocycles. The summed E-state index contributed by atoms with van der Waals surface area (Å²) in [5.74, 6) is -0.0625. The van der Waals surface area contributed by atoms with Gasteiger partial charge in [0.15, 0.2) is 5.78 Å². The zero-order valence-corrected chi connectivity index (χ0v) is 27.1. The summed E-state index contributed by atoms with van der Waals surface area (Å²) in [7, 11) is 0. The number of ketones is 1. The van der Waals surface area contributed by atoms with Gasteiger partial charge in [-0.2, -0.15) is 0 Å². The zero-order chi connectivity index (χ0) is 26.2. The van der Waals surface area contributed by atoms with Crippen LogP contribution in [0.5, 0.6) is 0 Å². The first kappa shape index (κ1) is 27.8. The number of para-hydroxylation sites is 1. The van der Waals surface area contributed by atoms with E-state index in [0.717, 1.165) is 16.8 Å². The van der Waals surface area contributed by atoms with Crippen LogP contribution in [0.25, 0.3) is 22.2 Å². The molecule has 0 atom stereocenters. The van der Waals surface area contributed by atoms with Gasteiger partial charge >= 0.3 is 195 Å². The second kappa shape index (κ2) is 11.8. The number of nitrogens with zero attached hydrogens (tertiary/aromatic N) is 1. The molecule has 0 amide bonds. The fourth-order valence-electron chi connectivity index (χ4n) is 4.96. The Kier molecular flexibility index (Phi) is 8.40. The Hall–Kier alpha value is -2.75. The van der Waals surface area contributed by atoms with Crippen LogP contribution < -0.4 is 34.2 Å². The maximum atomic E-state index is 10.0. The van der Waals surface area contributed by atoms with Crippen LogP contribution in [0.15, 0.2) is 103 Å². The standard InChI is InChI=1S/C27H15BNSe2.C5H8O2.Ir/c1-4-10-21-17(7-1)13-14-22(29-21)18-15-25-27-26(16-18)31-24-12-6-3-9-20(24)28(27)19-8-2-5-11-23(19)30-25;1-4(6)3-5(2)7;/h1-15H;3,6H,1-2H3;/q-1;;/b;4-3-;. The Balaban J connectivity index is 0.000000345. The Morgan fingerprint density at radius 1 is 0.846 bits per heavy atom. The van der Waals surface area contributed by atoms with Gasteiger partial charge in [-0.1, -0.05) is 0 Å². The molecule has 3 heterocycles. The van der Waals surface area contributed by atoms with Gasteiger partial charge in [-0.3, -0.25) is 4.79 Å². The second-order valence-corrected chi connectivity index (χ2v) is 13.8. The predicted molar refractivity (Wildman–Crippen MR) is 161 cm³/mol. The number of hydrogen-bond acceptors (Lipinski definition) is 3. The summed E-state index contributed by atoms with van der Waals surface area (Å²) in [6, 6.07) is 37.0. The van der Waals surface area contributed by atoms with Gasteiger partial charge in [0.2, 0.25) is 0 Å². The zero-order valence-electron chi connectivity index (χ0n) is 21.3. The van der Waals surface area contributed by atoms with E-state index in [1.807, 2.05) is 0 Å². The third-order valence-corrected chi connectivity index (χ3v) is 11.3. The molecule has 7 heteroatoms. The van der Waals surface area contributed by atoms with Crippen LogP contribution in [0.1, 0.15) is 13.8 Å². The first-order valence-electron chi connectivity index (χ1n) is 12.4. The van der Waals surface area contributed by atoms with Crippen molar-refractivity contribution in [3.05, 3.63) is 109 Å². The Morgan fingerprint density at radius 2 is 1.49 bits per heavy atom. The van der Waals surface area contributed by atoms with E-state index < -0.39 is 0 Å². The van der Waals surface area contributed by atoms with Crippen LogP contribution in [-0.2, 0) is 24.9 Å². The van der Waals surface area contributed by atoms with Crippen LogP contribution in [0, 0.1) is 6.07 Å². The van der Waals surface area contributed by atoms with Gasteiger partial charge in [-0.15, -0.1) is 0 Å². The second-order valence-electron chi connectivity index (χ2n) is 9.29. The van der Waals surface area contributed by atoms with Gasteiger partial charge in [0.1, 0.15) is 0 Å². The Morgan fingerprint density at radius 3 is 2.15 bits per heavy atom. The number of aliphatic hydroxyl groups is 1. The van der Waals surface area contributed by atoms with Crippen molar-refractivity contribution in [1.82, 2.24) is 4.98 Å². The van der Waals surface area contributed by atoms with Crippen molar-refractivity contribution in [1.29, 1.82) is 0 Å². The fourth-order valence-corrected chi connectivity index (χ4v) is 10.2. The molecule has 193 valence electrons. The summed E-state index contributed by atoms with van der Waals surface area (Å²) in [6.45, 7) is 3.19. The number of carbonyl (C=O) groups excluding carboxylic acids is 1. The molecule has 0 unspecified atom stereocenters. The van der Waals surface area contributed by atoms with Gasteiger partial charge < -0.3 is 5.11 Å². The van der Waals surface area contributed by atoms with Crippen molar-refractivity contribution in [2.75, 3.05) is 0 Å². The number of fused-ring (bicyclic) bond motifs is 5. The molecule has 7 rings (SSSR count). The first-order chi connectivity index (χ1) is 18.5. The summed E-state index contributed by atoms with van der Waals surface area (Å²) in [5, 5.41) is 9.55. The number of hydrogen-bond donors (Lipinski definition) is 1. The van der Waals surface area contributed by atoms with Gasteiger partial charge in [-0.05, 0) is 13.8 Å². The fraction of sp³-hybridized carbons (Fsp3) is 0.0625. The predicted octanol–water partition coefficient (Wildman–Crippen LogP) is 1.19. The Bertz CT molecular complexity index is 1680. The van der Waals surface area contributed by atoms with Crippen LogP contribution in [0.2, 0.25) is 0 Å². The van der Waals surface area contributed by atoms with Gasteiger partial charge in [0.05, 0.1) is 5.76 Å². The number of aliphatic hydroxyl groups excluding tert-OH is 1. The molecule has 1 aromatic heterocycles. The van der Waals surface area contributed by atoms with Crippen LogP contribution in [0.4, 0.5) is 0 Å². The van der Waals surface area contributed by atoms with Crippen molar-refractivity contribution < 1.29 is 30.0 Å². The number of benzene rings is 4. The van der Waals surface area contributed by atoms with Crippen molar-refractivity contribution in [2.24, 2.45) is 0 Å². The average Bonchev–Trinajstić information content (AvgIpc) is 2.92. The van der Waals surface area contributed by atoms with E-state index in [1.165, 1.54) is 59.5 Å². The van der Waals surface area contributed by atoms with E-state index in [1.54, 1.807) is 0 Å². The summed E-state index contributed by atoms with van der Waals surface area (Å²) >= 11 is 0.576.